The highest BCUT2D eigenvalue weighted by Crippen LogP contribution is 2.27. The highest BCUT2D eigenvalue weighted by molar-refractivity contribution is 7.92. The molecule has 3 aromatic carbocycles. The highest BCUT2D eigenvalue weighted by atomic mass is 32.2. The van der Waals surface area contributed by atoms with Crippen molar-refractivity contribution in [1.82, 2.24) is 5.43 Å². The van der Waals surface area contributed by atoms with Crippen molar-refractivity contribution in [3.8, 4) is 5.75 Å². The Kier molecular flexibility index (Phi) is 7.82. The first kappa shape index (κ1) is 25.4. The van der Waals surface area contributed by atoms with E-state index < -0.39 is 27.4 Å². The van der Waals surface area contributed by atoms with Gasteiger partial charge in [0.25, 0.3) is 15.9 Å². The standard InChI is InChI=1S/C24H24N4O6S/c1-17-4-9-20(10-5-17)27(35(32,33)21-11-6-18(2)7-12-21)16-24(29)26-25-15-19-8-13-23(34-3)22(14-19)28(30)31/h4-15H,16H2,1-3H3,(H,26,29)/b25-15-. The van der Waals surface area contributed by atoms with Gasteiger partial charge in [-0.1, -0.05) is 35.4 Å². The zero-order valence-corrected chi connectivity index (χ0v) is 20.2. The van der Waals surface area contributed by atoms with E-state index in [1.807, 2.05) is 13.8 Å². The predicted octanol–water partition coefficient (Wildman–Crippen LogP) is 3.57. The molecule has 1 amide bonds. The lowest BCUT2D eigenvalue weighted by Gasteiger charge is -2.24. The summed E-state index contributed by atoms with van der Waals surface area (Å²) >= 11 is 0. The summed E-state index contributed by atoms with van der Waals surface area (Å²) in [6, 6.07) is 17.3. The van der Waals surface area contributed by atoms with Gasteiger partial charge in [0.05, 0.1) is 28.8 Å². The fourth-order valence-corrected chi connectivity index (χ4v) is 4.56. The third-order valence-electron chi connectivity index (χ3n) is 5.02. The lowest BCUT2D eigenvalue weighted by molar-refractivity contribution is -0.385. The number of ether oxygens (including phenoxy) is 1. The van der Waals surface area contributed by atoms with Crippen LogP contribution in [0.15, 0.2) is 76.7 Å². The molecule has 0 fully saturated rings. The predicted molar refractivity (Wildman–Crippen MR) is 132 cm³/mol. The molecule has 0 aromatic heterocycles. The van der Waals surface area contributed by atoms with E-state index in [9.17, 15) is 23.3 Å². The molecule has 0 saturated heterocycles. The van der Waals surface area contributed by atoms with Gasteiger partial charge in [-0.05, 0) is 50.2 Å². The third-order valence-corrected chi connectivity index (χ3v) is 6.81. The summed E-state index contributed by atoms with van der Waals surface area (Å²) in [5.41, 5.74) is 4.53. The number of rotatable bonds is 9. The van der Waals surface area contributed by atoms with E-state index in [1.165, 1.54) is 43.7 Å². The van der Waals surface area contributed by atoms with Gasteiger partial charge in [-0.2, -0.15) is 5.10 Å². The Bertz CT molecular complexity index is 1350. The molecule has 3 rings (SSSR count). The SMILES string of the molecule is COc1ccc(/C=N\NC(=O)CN(c2ccc(C)cc2)S(=O)(=O)c2ccc(C)cc2)cc1[N+](=O)[O-]. The number of carbonyl (C=O) groups excluding carboxylic acids is 1. The molecule has 0 aliphatic carbocycles. The van der Waals surface area contributed by atoms with Gasteiger partial charge in [0.1, 0.15) is 6.54 Å². The Morgan fingerprint density at radius 1 is 1.06 bits per heavy atom. The van der Waals surface area contributed by atoms with E-state index in [0.717, 1.165) is 15.4 Å². The molecule has 1 N–H and O–H groups in total. The Labute approximate surface area is 203 Å². The minimum Gasteiger partial charge on any atom is -0.490 e. The Morgan fingerprint density at radius 3 is 2.23 bits per heavy atom. The number of nitro groups is 1. The van der Waals surface area contributed by atoms with E-state index in [0.29, 0.717) is 11.3 Å². The fourth-order valence-electron chi connectivity index (χ4n) is 3.14. The van der Waals surface area contributed by atoms with Crippen molar-refractivity contribution in [2.75, 3.05) is 18.0 Å². The van der Waals surface area contributed by atoms with Crippen LogP contribution in [0, 0.1) is 24.0 Å². The Balaban J connectivity index is 1.82. The number of hydrazone groups is 1. The lowest BCUT2D eigenvalue weighted by Crippen LogP contribution is -2.39. The zero-order valence-electron chi connectivity index (χ0n) is 19.3. The summed E-state index contributed by atoms with van der Waals surface area (Å²) in [5.74, 6) is -0.605. The van der Waals surface area contributed by atoms with Crippen LogP contribution < -0.4 is 14.5 Å². The molecule has 10 nitrogen and oxygen atoms in total. The second-order valence-electron chi connectivity index (χ2n) is 7.64. The molecule has 0 atom stereocenters. The maximum absolute atomic E-state index is 13.4. The molecule has 0 aliphatic rings. The first-order chi connectivity index (χ1) is 16.6. The molecule has 0 saturated carbocycles. The lowest BCUT2D eigenvalue weighted by atomic mass is 10.2. The van der Waals surface area contributed by atoms with E-state index >= 15 is 0 Å². The van der Waals surface area contributed by atoms with Gasteiger partial charge in [-0.3, -0.25) is 19.2 Å². The van der Waals surface area contributed by atoms with Crippen LogP contribution in [0.25, 0.3) is 0 Å². The van der Waals surface area contributed by atoms with Crippen LogP contribution in [0.1, 0.15) is 16.7 Å². The van der Waals surface area contributed by atoms with E-state index in [-0.39, 0.29) is 16.3 Å². The number of hydrogen-bond donors (Lipinski definition) is 1. The number of aryl methyl sites for hydroxylation is 2. The number of anilines is 1. The largest absolute Gasteiger partial charge is 0.490 e. The summed E-state index contributed by atoms with van der Waals surface area (Å²) in [6.45, 7) is 3.18. The first-order valence-corrected chi connectivity index (χ1v) is 11.9. The Morgan fingerprint density at radius 2 is 1.66 bits per heavy atom. The maximum atomic E-state index is 13.4. The van der Waals surface area contributed by atoms with E-state index in [4.69, 9.17) is 4.74 Å². The van der Waals surface area contributed by atoms with Crippen molar-refractivity contribution >= 4 is 33.5 Å². The molecular formula is C24H24N4O6S. The van der Waals surface area contributed by atoms with Crippen molar-refractivity contribution in [2.24, 2.45) is 5.10 Å². The first-order valence-electron chi connectivity index (χ1n) is 10.4. The summed E-state index contributed by atoms with van der Waals surface area (Å²) in [5, 5.41) is 15.0. The second kappa shape index (κ2) is 10.8. The van der Waals surface area contributed by atoms with Gasteiger partial charge >= 0.3 is 5.69 Å². The van der Waals surface area contributed by atoms with Crippen LogP contribution in [-0.4, -0.2) is 39.1 Å². The number of sulfonamides is 1. The fraction of sp³-hybridized carbons (Fsp3) is 0.167. The van der Waals surface area contributed by atoms with Gasteiger partial charge in [0, 0.05) is 11.6 Å². The zero-order chi connectivity index (χ0) is 25.6. The van der Waals surface area contributed by atoms with Crippen LogP contribution in [0.5, 0.6) is 5.75 Å². The number of methoxy groups -OCH3 is 1. The Hall–Kier alpha value is -4.25. The molecule has 0 radical (unpaired) electrons. The minimum atomic E-state index is -4.05. The molecule has 182 valence electrons. The van der Waals surface area contributed by atoms with Crippen molar-refractivity contribution < 1.29 is 22.9 Å². The normalized spacial score (nSPS) is 11.3. The average molecular weight is 497 g/mol. The van der Waals surface area contributed by atoms with Crippen LogP contribution in [0.4, 0.5) is 11.4 Å². The molecule has 0 aliphatic heterocycles. The van der Waals surface area contributed by atoms with Gasteiger partial charge < -0.3 is 4.74 Å². The van der Waals surface area contributed by atoms with Crippen LogP contribution >= 0.6 is 0 Å². The number of hydrogen-bond acceptors (Lipinski definition) is 7. The monoisotopic (exact) mass is 496 g/mol. The number of nitro benzene ring substituents is 1. The molecule has 3 aromatic rings. The minimum absolute atomic E-state index is 0.0468. The molecular weight excluding hydrogens is 472 g/mol. The summed E-state index contributed by atoms with van der Waals surface area (Å²) in [7, 11) is -2.73. The molecule has 35 heavy (non-hydrogen) atoms. The average Bonchev–Trinajstić information content (AvgIpc) is 2.83. The quantitative estimate of drug-likeness (QED) is 0.274. The molecule has 0 spiro atoms. The second-order valence-corrected chi connectivity index (χ2v) is 9.50. The van der Waals surface area contributed by atoms with Gasteiger partial charge in [-0.15, -0.1) is 0 Å². The summed E-state index contributed by atoms with van der Waals surface area (Å²) in [6.07, 6.45) is 1.22. The number of nitrogens with zero attached hydrogens (tertiary/aromatic N) is 3. The highest BCUT2D eigenvalue weighted by Gasteiger charge is 2.27. The number of carbonyl (C=O) groups is 1. The summed E-state index contributed by atoms with van der Waals surface area (Å²) < 4.78 is 32.7. The van der Waals surface area contributed by atoms with Crippen molar-refractivity contribution in [1.29, 1.82) is 0 Å². The van der Waals surface area contributed by atoms with Crippen molar-refractivity contribution in [3.63, 3.8) is 0 Å². The third kappa shape index (κ3) is 6.21. The van der Waals surface area contributed by atoms with Crippen molar-refractivity contribution in [3.05, 3.63) is 93.5 Å². The smallest absolute Gasteiger partial charge is 0.311 e. The maximum Gasteiger partial charge on any atom is 0.311 e. The number of benzene rings is 3. The summed E-state index contributed by atoms with van der Waals surface area (Å²) in [4.78, 5) is 23.3. The topological polar surface area (TPSA) is 131 Å². The number of amides is 1. The van der Waals surface area contributed by atoms with Crippen LogP contribution in [0.2, 0.25) is 0 Å². The van der Waals surface area contributed by atoms with Crippen molar-refractivity contribution in [2.45, 2.75) is 18.7 Å². The molecule has 0 heterocycles. The molecule has 0 bridgehead atoms. The van der Waals surface area contributed by atoms with Crippen LogP contribution in [-0.2, 0) is 14.8 Å². The van der Waals surface area contributed by atoms with Crippen LogP contribution in [0.3, 0.4) is 0 Å². The molecule has 11 heteroatoms. The number of nitrogens with one attached hydrogen (secondary N) is 1. The van der Waals surface area contributed by atoms with Gasteiger partial charge in [-0.25, -0.2) is 13.8 Å². The van der Waals surface area contributed by atoms with Gasteiger partial charge in [0.2, 0.25) is 0 Å². The van der Waals surface area contributed by atoms with E-state index in [1.54, 1.807) is 36.4 Å². The van der Waals surface area contributed by atoms with E-state index in [2.05, 4.69) is 10.5 Å². The molecule has 0 unspecified atom stereocenters. The van der Waals surface area contributed by atoms with Gasteiger partial charge in [0.15, 0.2) is 5.75 Å².